The zero-order valence-electron chi connectivity index (χ0n) is 6.57. The molecule has 4 unspecified atom stereocenters. The van der Waals surface area contributed by atoms with Gasteiger partial charge < -0.3 is 10.2 Å². The molecule has 64 valence electrons. The third kappa shape index (κ3) is 0.840. The monoisotopic (exact) mass is 160 g/mol. The zero-order valence-corrected chi connectivity index (χ0v) is 6.57. The van der Waals surface area contributed by atoms with Crippen LogP contribution in [0.1, 0.15) is 20.3 Å². The molecular weight excluding hydrogens is 148 g/mol. The van der Waals surface area contributed by atoms with Gasteiger partial charge in [0.2, 0.25) is 0 Å². The van der Waals surface area contributed by atoms with Gasteiger partial charge in [0.15, 0.2) is 12.2 Å². The summed E-state index contributed by atoms with van der Waals surface area (Å²) >= 11 is 0. The average molecular weight is 160 g/mol. The van der Waals surface area contributed by atoms with Gasteiger partial charge in [-0.2, -0.15) is 0 Å². The quantitative estimate of drug-likeness (QED) is 0.473. The van der Waals surface area contributed by atoms with Crippen molar-refractivity contribution in [2.75, 3.05) is 0 Å². The maximum Gasteiger partial charge on any atom is 0.153 e. The smallest absolute Gasteiger partial charge is 0.153 e. The van der Waals surface area contributed by atoms with Crippen LogP contribution in [-0.2, 0) is 9.78 Å². The minimum Gasteiger partial charge on any atom is -0.387 e. The number of hydrogen-bond acceptors (Lipinski definition) is 4. The second-order valence-corrected chi connectivity index (χ2v) is 3.92. The van der Waals surface area contributed by atoms with Crippen molar-refractivity contribution < 1.29 is 20.0 Å². The molecule has 1 saturated carbocycles. The molecule has 4 nitrogen and oxygen atoms in total. The largest absolute Gasteiger partial charge is 0.387 e. The summed E-state index contributed by atoms with van der Waals surface area (Å²) in [6.45, 7) is 3.29. The standard InChI is InChI=1S/C7H12O4/c1-6(8)3-7(2,9)5-4(6)10-11-5/h4-5,8-9H,3H2,1-2H3. The Labute approximate surface area is 64.7 Å². The minimum absolute atomic E-state index is 0.301. The van der Waals surface area contributed by atoms with Crippen molar-refractivity contribution in [1.29, 1.82) is 0 Å². The lowest BCUT2D eigenvalue weighted by atomic mass is 10.0. The first-order chi connectivity index (χ1) is 4.93. The normalized spacial score (nSPS) is 62.2. The molecule has 0 aromatic heterocycles. The lowest BCUT2D eigenvalue weighted by Crippen LogP contribution is -2.54. The molecule has 1 heterocycles. The van der Waals surface area contributed by atoms with Crippen molar-refractivity contribution in [2.24, 2.45) is 0 Å². The lowest BCUT2D eigenvalue weighted by Gasteiger charge is -2.37. The molecule has 0 radical (unpaired) electrons. The van der Waals surface area contributed by atoms with Gasteiger partial charge in [-0.1, -0.05) is 0 Å². The summed E-state index contributed by atoms with van der Waals surface area (Å²) in [5.74, 6) is 0. The summed E-state index contributed by atoms with van der Waals surface area (Å²) in [6, 6.07) is 0. The second-order valence-electron chi connectivity index (χ2n) is 3.92. The molecule has 0 aromatic carbocycles. The van der Waals surface area contributed by atoms with Crippen molar-refractivity contribution in [2.45, 2.75) is 43.7 Å². The Balaban J connectivity index is 2.25. The maximum absolute atomic E-state index is 9.66. The van der Waals surface area contributed by atoms with Crippen molar-refractivity contribution in [3.05, 3.63) is 0 Å². The predicted octanol–water partition coefficient (Wildman–Crippen LogP) is -0.409. The van der Waals surface area contributed by atoms with E-state index < -0.39 is 11.2 Å². The van der Waals surface area contributed by atoms with Crippen molar-refractivity contribution in [1.82, 2.24) is 0 Å². The molecule has 11 heavy (non-hydrogen) atoms. The van der Waals surface area contributed by atoms with Crippen molar-refractivity contribution >= 4 is 0 Å². The van der Waals surface area contributed by atoms with E-state index in [1.807, 2.05) is 0 Å². The Morgan fingerprint density at radius 3 is 1.64 bits per heavy atom. The first-order valence-corrected chi connectivity index (χ1v) is 3.70. The van der Waals surface area contributed by atoms with Gasteiger partial charge in [0.1, 0.15) is 0 Å². The van der Waals surface area contributed by atoms with E-state index in [2.05, 4.69) is 0 Å². The molecule has 2 N–H and O–H groups in total. The van der Waals surface area contributed by atoms with Gasteiger partial charge in [-0.15, -0.1) is 0 Å². The van der Waals surface area contributed by atoms with Crippen LogP contribution in [0, 0.1) is 0 Å². The molecule has 2 fully saturated rings. The number of aliphatic hydroxyl groups is 2. The Morgan fingerprint density at radius 2 is 1.45 bits per heavy atom. The van der Waals surface area contributed by atoms with E-state index in [0.29, 0.717) is 6.42 Å². The highest BCUT2D eigenvalue weighted by molar-refractivity contribution is 5.10. The van der Waals surface area contributed by atoms with Gasteiger partial charge >= 0.3 is 0 Å². The summed E-state index contributed by atoms with van der Waals surface area (Å²) in [5.41, 5.74) is -1.90. The Kier molecular flexibility index (Phi) is 1.21. The van der Waals surface area contributed by atoms with E-state index in [1.165, 1.54) is 0 Å². The highest BCUT2D eigenvalue weighted by atomic mass is 17.3. The van der Waals surface area contributed by atoms with Crippen molar-refractivity contribution in [3.8, 4) is 0 Å². The molecule has 0 spiro atoms. The molecule has 4 atom stereocenters. The summed E-state index contributed by atoms with van der Waals surface area (Å²) in [5, 5.41) is 19.3. The summed E-state index contributed by atoms with van der Waals surface area (Å²) in [7, 11) is 0. The van der Waals surface area contributed by atoms with E-state index in [4.69, 9.17) is 9.78 Å². The van der Waals surface area contributed by atoms with Gasteiger partial charge in [-0.3, -0.25) is 0 Å². The molecule has 2 rings (SSSR count). The Hall–Kier alpha value is -0.160. The van der Waals surface area contributed by atoms with E-state index in [-0.39, 0.29) is 12.2 Å². The van der Waals surface area contributed by atoms with Crippen LogP contribution >= 0.6 is 0 Å². The fourth-order valence-electron chi connectivity index (χ4n) is 1.95. The van der Waals surface area contributed by atoms with Crippen LogP contribution in [0.15, 0.2) is 0 Å². The SMILES string of the molecule is CC1(O)CC(C)(O)C2OOC21. The second kappa shape index (κ2) is 1.77. The van der Waals surface area contributed by atoms with Gasteiger partial charge in [0.25, 0.3) is 0 Å². The highest BCUT2D eigenvalue weighted by Crippen LogP contribution is 2.46. The third-order valence-electron chi connectivity index (χ3n) is 2.48. The number of fused-ring (bicyclic) bond motifs is 1. The lowest BCUT2D eigenvalue weighted by molar-refractivity contribution is -0.486. The molecule has 0 amide bonds. The fraction of sp³-hybridized carbons (Fsp3) is 1.00. The van der Waals surface area contributed by atoms with Crippen molar-refractivity contribution in [3.63, 3.8) is 0 Å². The first kappa shape index (κ1) is 7.49. The van der Waals surface area contributed by atoms with Crippen LogP contribution in [-0.4, -0.2) is 33.6 Å². The highest BCUT2D eigenvalue weighted by Gasteiger charge is 2.64. The molecule has 1 saturated heterocycles. The fourth-order valence-corrected chi connectivity index (χ4v) is 1.95. The number of rotatable bonds is 0. The Bertz CT molecular complexity index is 167. The number of hydrogen-bond donors (Lipinski definition) is 2. The third-order valence-corrected chi connectivity index (χ3v) is 2.48. The van der Waals surface area contributed by atoms with Crippen LogP contribution in [0.5, 0.6) is 0 Å². The maximum atomic E-state index is 9.66. The van der Waals surface area contributed by atoms with Crippen LogP contribution in [0.4, 0.5) is 0 Å². The average Bonchev–Trinajstić information content (AvgIpc) is 1.58. The summed E-state index contributed by atoms with van der Waals surface area (Å²) in [4.78, 5) is 9.39. The molecule has 1 aliphatic carbocycles. The molecule has 4 heteroatoms. The van der Waals surface area contributed by atoms with Crippen LogP contribution in [0.25, 0.3) is 0 Å². The molecular formula is C7H12O4. The van der Waals surface area contributed by atoms with Crippen LogP contribution in [0.3, 0.4) is 0 Å². The summed E-state index contributed by atoms with van der Waals surface area (Å²) in [6.07, 6.45) is -0.426. The van der Waals surface area contributed by atoms with Gasteiger partial charge in [0, 0.05) is 6.42 Å². The minimum atomic E-state index is -0.952. The van der Waals surface area contributed by atoms with E-state index in [1.54, 1.807) is 13.8 Å². The van der Waals surface area contributed by atoms with Gasteiger partial charge in [-0.25, -0.2) is 9.78 Å². The summed E-state index contributed by atoms with van der Waals surface area (Å²) < 4.78 is 0. The van der Waals surface area contributed by atoms with E-state index in [0.717, 1.165) is 0 Å². The van der Waals surface area contributed by atoms with Crippen LogP contribution < -0.4 is 0 Å². The van der Waals surface area contributed by atoms with Gasteiger partial charge in [0.05, 0.1) is 11.2 Å². The predicted molar refractivity (Wildman–Crippen MR) is 35.6 cm³/mol. The van der Waals surface area contributed by atoms with Gasteiger partial charge in [-0.05, 0) is 13.8 Å². The van der Waals surface area contributed by atoms with E-state index in [9.17, 15) is 10.2 Å². The molecule has 1 aliphatic heterocycles. The van der Waals surface area contributed by atoms with E-state index >= 15 is 0 Å². The molecule has 0 bridgehead atoms. The first-order valence-electron chi connectivity index (χ1n) is 3.70. The van der Waals surface area contributed by atoms with Crippen LogP contribution in [0.2, 0.25) is 0 Å². The molecule has 0 aromatic rings. The zero-order chi connectivity index (χ0) is 8.28. The topological polar surface area (TPSA) is 58.9 Å². The molecule has 2 aliphatic rings. The Morgan fingerprint density at radius 1 is 1.09 bits per heavy atom.